The largest absolute Gasteiger partial charge is 0.456 e. The standard InChI is InChI=1S/C22H16ClFN6O/c1-12-3-5-16-21(28-12)22(26-10-25-16)29-17-8-14(23)20(9-15(17)24)31-13-4-6-19-18(7-13)27-11-30(19)2/h3-11H,1-2H3,(H,25,26,29). The maximum atomic E-state index is 14.9. The van der Waals surface area contributed by atoms with Crippen molar-refractivity contribution in [3.05, 3.63) is 71.7 Å². The van der Waals surface area contributed by atoms with Crippen LogP contribution in [0.1, 0.15) is 5.69 Å². The zero-order chi connectivity index (χ0) is 21.5. The number of halogens is 2. The minimum atomic E-state index is -0.544. The molecule has 7 nitrogen and oxygen atoms in total. The average Bonchev–Trinajstić information content (AvgIpc) is 3.12. The van der Waals surface area contributed by atoms with Gasteiger partial charge in [-0.1, -0.05) is 11.6 Å². The lowest BCUT2D eigenvalue weighted by Crippen LogP contribution is -2.00. The molecule has 154 valence electrons. The molecule has 0 bridgehead atoms. The molecule has 0 atom stereocenters. The van der Waals surface area contributed by atoms with E-state index in [0.717, 1.165) is 16.7 Å². The molecule has 5 aromatic rings. The molecule has 5 rings (SSSR count). The van der Waals surface area contributed by atoms with Gasteiger partial charge < -0.3 is 14.6 Å². The number of aryl methyl sites for hydroxylation is 2. The van der Waals surface area contributed by atoms with E-state index in [4.69, 9.17) is 16.3 Å². The summed E-state index contributed by atoms with van der Waals surface area (Å²) >= 11 is 6.38. The molecule has 0 amide bonds. The predicted octanol–water partition coefficient (Wildman–Crippen LogP) is 5.55. The first-order chi connectivity index (χ1) is 15.0. The first kappa shape index (κ1) is 19.2. The highest BCUT2D eigenvalue weighted by Crippen LogP contribution is 2.35. The lowest BCUT2D eigenvalue weighted by Gasteiger charge is -2.12. The Morgan fingerprint density at radius 2 is 1.90 bits per heavy atom. The lowest BCUT2D eigenvalue weighted by atomic mass is 10.2. The van der Waals surface area contributed by atoms with Crippen molar-refractivity contribution in [2.75, 3.05) is 5.32 Å². The molecule has 9 heteroatoms. The summed E-state index contributed by atoms with van der Waals surface area (Å²) in [7, 11) is 1.91. The highest BCUT2D eigenvalue weighted by Gasteiger charge is 2.14. The molecule has 0 aliphatic rings. The summed E-state index contributed by atoms with van der Waals surface area (Å²) in [6, 6.07) is 11.8. The summed E-state index contributed by atoms with van der Waals surface area (Å²) in [5.41, 5.74) is 3.89. The van der Waals surface area contributed by atoms with E-state index in [2.05, 4.69) is 25.3 Å². The molecule has 0 radical (unpaired) electrons. The fourth-order valence-electron chi connectivity index (χ4n) is 3.27. The van der Waals surface area contributed by atoms with Crippen LogP contribution in [0.4, 0.5) is 15.9 Å². The van der Waals surface area contributed by atoms with Crippen LogP contribution in [-0.4, -0.2) is 24.5 Å². The SMILES string of the molecule is Cc1ccc2ncnc(Nc3cc(Cl)c(Oc4ccc5c(c4)ncn5C)cc3F)c2n1. The minimum Gasteiger partial charge on any atom is -0.456 e. The van der Waals surface area contributed by atoms with Gasteiger partial charge in [-0.15, -0.1) is 0 Å². The Hall–Kier alpha value is -3.78. The smallest absolute Gasteiger partial charge is 0.160 e. The van der Waals surface area contributed by atoms with E-state index in [9.17, 15) is 4.39 Å². The predicted molar refractivity (Wildman–Crippen MR) is 118 cm³/mol. The molecule has 0 spiro atoms. The molecule has 0 aliphatic heterocycles. The second-order valence-corrected chi connectivity index (χ2v) is 7.45. The Balaban J connectivity index is 1.46. The van der Waals surface area contributed by atoms with Crippen molar-refractivity contribution in [1.82, 2.24) is 24.5 Å². The van der Waals surface area contributed by atoms with Gasteiger partial charge in [0.1, 0.15) is 29.2 Å². The van der Waals surface area contributed by atoms with Crippen LogP contribution >= 0.6 is 11.6 Å². The molecule has 1 N–H and O–H groups in total. The molecule has 0 fully saturated rings. The molecule has 31 heavy (non-hydrogen) atoms. The van der Waals surface area contributed by atoms with Crippen molar-refractivity contribution in [2.24, 2.45) is 7.05 Å². The third kappa shape index (κ3) is 3.62. The second kappa shape index (κ2) is 7.48. The molecule has 3 aromatic heterocycles. The third-order valence-corrected chi connectivity index (χ3v) is 5.12. The Labute approximate surface area is 181 Å². The first-order valence-electron chi connectivity index (χ1n) is 9.41. The van der Waals surface area contributed by atoms with E-state index in [1.165, 1.54) is 18.5 Å². The van der Waals surface area contributed by atoms with E-state index < -0.39 is 5.82 Å². The lowest BCUT2D eigenvalue weighted by molar-refractivity contribution is 0.478. The van der Waals surface area contributed by atoms with Crippen LogP contribution in [0.3, 0.4) is 0 Å². The van der Waals surface area contributed by atoms with Crippen molar-refractivity contribution in [3.8, 4) is 11.5 Å². The molecule has 0 aliphatic carbocycles. The third-order valence-electron chi connectivity index (χ3n) is 4.82. The number of fused-ring (bicyclic) bond motifs is 2. The van der Waals surface area contributed by atoms with E-state index in [0.29, 0.717) is 22.6 Å². The summed E-state index contributed by atoms with van der Waals surface area (Å²) in [5, 5.41) is 3.20. The summed E-state index contributed by atoms with van der Waals surface area (Å²) in [6.45, 7) is 1.86. The quantitative estimate of drug-likeness (QED) is 0.399. The summed E-state index contributed by atoms with van der Waals surface area (Å²) in [5.74, 6) is 0.548. The van der Waals surface area contributed by atoms with E-state index >= 15 is 0 Å². The van der Waals surface area contributed by atoms with E-state index in [-0.39, 0.29) is 16.5 Å². The van der Waals surface area contributed by atoms with Crippen molar-refractivity contribution in [3.63, 3.8) is 0 Å². The van der Waals surface area contributed by atoms with Gasteiger partial charge in [-0.3, -0.25) is 0 Å². The Bertz CT molecular complexity index is 1450. The fraction of sp³-hybridized carbons (Fsp3) is 0.0909. The Morgan fingerprint density at radius 1 is 1.03 bits per heavy atom. The highest BCUT2D eigenvalue weighted by molar-refractivity contribution is 6.32. The van der Waals surface area contributed by atoms with Crippen LogP contribution in [0.15, 0.2) is 55.1 Å². The van der Waals surface area contributed by atoms with Crippen LogP contribution in [-0.2, 0) is 7.05 Å². The summed E-state index contributed by atoms with van der Waals surface area (Å²) in [4.78, 5) is 17.1. The number of pyridine rings is 1. The second-order valence-electron chi connectivity index (χ2n) is 7.04. The maximum Gasteiger partial charge on any atom is 0.160 e. The van der Waals surface area contributed by atoms with Gasteiger partial charge in [-0.2, -0.15) is 0 Å². The van der Waals surface area contributed by atoms with Gasteiger partial charge in [0.05, 0.1) is 33.6 Å². The molecular weight excluding hydrogens is 419 g/mol. The van der Waals surface area contributed by atoms with Crippen LogP contribution in [0, 0.1) is 12.7 Å². The Kier molecular flexibility index (Phi) is 4.63. The summed E-state index contributed by atoms with van der Waals surface area (Å²) < 4.78 is 22.6. The molecular formula is C22H16ClFN6O. The van der Waals surface area contributed by atoms with Gasteiger partial charge in [0.15, 0.2) is 5.82 Å². The van der Waals surface area contributed by atoms with Gasteiger partial charge in [-0.25, -0.2) is 24.3 Å². The number of nitrogens with one attached hydrogen (secondary N) is 1. The first-order valence-corrected chi connectivity index (χ1v) is 9.79. The molecule has 3 heterocycles. The number of imidazole rings is 1. The number of ether oxygens (including phenoxy) is 1. The topological polar surface area (TPSA) is 77.8 Å². The fourth-order valence-corrected chi connectivity index (χ4v) is 3.47. The zero-order valence-electron chi connectivity index (χ0n) is 16.6. The molecule has 0 saturated carbocycles. The average molecular weight is 435 g/mol. The molecule has 0 unspecified atom stereocenters. The highest BCUT2D eigenvalue weighted by atomic mass is 35.5. The minimum absolute atomic E-state index is 0.154. The van der Waals surface area contributed by atoms with Crippen LogP contribution in [0.5, 0.6) is 11.5 Å². The van der Waals surface area contributed by atoms with Gasteiger partial charge in [-0.05, 0) is 37.3 Å². The number of hydrogen-bond acceptors (Lipinski definition) is 6. The van der Waals surface area contributed by atoms with Gasteiger partial charge >= 0.3 is 0 Å². The number of rotatable bonds is 4. The number of benzene rings is 2. The van der Waals surface area contributed by atoms with Crippen LogP contribution in [0.2, 0.25) is 5.02 Å². The number of aromatic nitrogens is 5. The van der Waals surface area contributed by atoms with Gasteiger partial charge in [0.2, 0.25) is 0 Å². The molecule has 2 aromatic carbocycles. The monoisotopic (exact) mass is 434 g/mol. The van der Waals surface area contributed by atoms with Crippen molar-refractivity contribution in [2.45, 2.75) is 6.92 Å². The Morgan fingerprint density at radius 3 is 2.77 bits per heavy atom. The molecule has 0 saturated heterocycles. The maximum absolute atomic E-state index is 14.9. The number of anilines is 2. The van der Waals surface area contributed by atoms with Gasteiger partial charge in [0.25, 0.3) is 0 Å². The van der Waals surface area contributed by atoms with Crippen molar-refractivity contribution < 1.29 is 9.13 Å². The van der Waals surface area contributed by atoms with Gasteiger partial charge in [0, 0.05) is 24.9 Å². The van der Waals surface area contributed by atoms with E-state index in [1.807, 2.05) is 36.7 Å². The van der Waals surface area contributed by atoms with Crippen LogP contribution in [0.25, 0.3) is 22.1 Å². The summed E-state index contributed by atoms with van der Waals surface area (Å²) in [6.07, 6.45) is 3.11. The number of hydrogen-bond donors (Lipinski definition) is 1. The van der Waals surface area contributed by atoms with Crippen molar-refractivity contribution in [1.29, 1.82) is 0 Å². The van der Waals surface area contributed by atoms with Crippen molar-refractivity contribution >= 4 is 45.2 Å². The normalized spacial score (nSPS) is 11.2. The number of nitrogens with zero attached hydrogens (tertiary/aromatic N) is 5. The zero-order valence-corrected chi connectivity index (χ0v) is 17.4. The van der Waals surface area contributed by atoms with Crippen LogP contribution < -0.4 is 10.1 Å². The van der Waals surface area contributed by atoms with E-state index in [1.54, 1.807) is 18.5 Å².